The molecule has 1 aromatic carbocycles. The first-order chi connectivity index (χ1) is 13.2. The number of hydrogen-bond donors (Lipinski definition) is 3. The van der Waals surface area contributed by atoms with Crippen LogP contribution in [0.2, 0.25) is 0 Å². The molecule has 1 unspecified atom stereocenters. The standard InChI is InChI=1S/C21H24N4O2/c26-19(16-2-1-9-23-14-16)25-17-5-3-15(4-6-17)13-24-20(27)18-12-21(18)7-10-22-11-8-21/h1-6,9,14,18,22H,7-8,10-13H2,(H,24,27)(H,25,26). The molecule has 6 heteroatoms. The number of hydrogen-bond acceptors (Lipinski definition) is 4. The zero-order valence-corrected chi connectivity index (χ0v) is 15.2. The highest BCUT2D eigenvalue weighted by atomic mass is 16.2. The Hall–Kier alpha value is -2.73. The Morgan fingerprint density at radius 2 is 1.93 bits per heavy atom. The highest BCUT2D eigenvalue weighted by Crippen LogP contribution is 2.58. The van der Waals surface area contributed by atoms with Crippen LogP contribution in [0, 0.1) is 11.3 Å². The van der Waals surface area contributed by atoms with Crippen LogP contribution >= 0.6 is 0 Å². The number of benzene rings is 1. The molecular weight excluding hydrogens is 340 g/mol. The number of carbonyl (C=O) groups is 2. The fourth-order valence-corrected chi connectivity index (χ4v) is 3.91. The van der Waals surface area contributed by atoms with E-state index in [9.17, 15) is 9.59 Å². The third-order valence-corrected chi connectivity index (χ3v) is 5.71. The number of amides is 2. The summed E-state index contributed by atoms with van der Waals surface area (Å²) in [6, 6.07) is 11.0. The molecule has 3 N–H and O–H groups in total. The van der Waals surface area contributed by atoms with Crippen molar-refractivity contribution in [2.24, 2.45) is 11.3 Å². The summed E-state index contributed by atoms with van der Waals surface area (Å²) >= 11 is 0. The summed E-state index contributed by atoms with van der Waals surface area (Å²) in [6.45, 7) is 2.56. The molecule has 1 saturated heterocycles. The van der Waals surface area contributed by atoms with E-state index in [1.165, 1.54) is 6.20 Å². The number of rotatable bonds is 5. The van der Waals surface area contributed by atoms with E-state index in [1.54, 1.807) is 18.3 Å². The fourth-order valence-electron chi connectivity index (χ4n) is 3.91. The van der Waals surface area contributed by atoms with Gasteiger partial charge >= 0.3 is 0 Å². The van der Waals surface area contributed by atoms with E-state index >= 15 is 0 Å². The van der Waals surface area contributed by atoms with E-state index in [0.717, 1.165) is 43.6 Å². The van der Waals surface area contributed by atoms with Gasteiger partial charge in [-0.25, -0.2) is 0 Å². The van der Waals surface area contributed by atoms with Crippen molar-refractivity contribution in [3.05, 3.63) is 59.9 Å². The SMILES string of the molecule is O=C(Nc1ccc(CNC(=O)C2CC23CCNCC3)cc1)c1cccnc1. The predicted octanol–water partition coefficient (Wildman–Crippen LogP) is 2.34. The molecule has 2 aliphatic rings. The Balaban J connectivity index is 1.27. The summed E-state index contributed by atoms with van der Waals surface area (Å²) in [6.07, 6.45) is 6.41. The van der Waals surface area contributed by atoms with Gasteiger partial charge in [-0.2, -0.15) is 0 Å². The molecule has 1 aromatic heterocycles. The van der Waals surface area contributed by atoms with Crippen molar-refractivity contribution in [3.8, 4) is 0 Å². The summed E-state index contributed by atoms with van der Waals surface area (Å²) in [5, 5.41) is 9.27. The van der Waals surface area contributed by atoms with Gasteiger partial charge in [0.25, 0.3) is 5.91 Å². The molecule has 1 aliphatic carbocycles. The maximum absolute atomic E-state index is 12.4. The van der Waals surface area contributed by atoms with E-state index in [2.05, 4.69) is 20.9 Å². The molecule has 0 radical (unpaired) electrons. The van der Waals surface area contributed by atoms with Crippen LogP contribution in [0.3, 0.4) is 0 Å². The van der Waals surface area contributed by atoms with Crippen molar-refractivity contribution in [1.82, 2.24) is 15.6 Å². The van der Waals surface area contributed by atoms with Gasteiger partial charge in [0.1, 0.15) is 0 Å². The minimum Gasteiger partial charge on any atom is -0.352 e. The minimum absolute atomic E-state index is 0.172. The topological polar surface area (TPSA) is 83.1 Å². The van der Waals surface area contributed by atoms with E-state index < -0.39 is 0 Å². The lowest BCUT2D eigenvalue weighted by Gasteiger charge is -2.23. The molecule has 2 heterocycles. The van der Waals surface area contributed by atoms with E-state index in [1.807, 2.05) is 24.3 Å². The second-order valence-corrected chi connectivity index (χ2v) is 7.48. The van der Waals surface area contributed by atoms with E-state index in [0.29, 0.717) is 12.1 Å². The predicted molar refractivity (Wildman–Crippen MR) is 103 cm³/mol. The summed E-state index contributed by atoms with van der Waals surface area (Å²) in [5.74, 6) is 0.161. The van der Waals surface area contributed by atoms with Gasteiger partial charge in [-0.05, 0) is 67.6 Å². The second kappa shape index (κ2) is 7.48. The summed E-state index contributed by atoms with van der Waals surface area (Å²) in [7, 11) is 0. The number of aromatic nitrogens is 1. The van der Waals surface area contributed by atoms with Crippen LogP contribution in [0.4, 0.5) is 5.69 Å². The van der Waals surface area contributed by atoms with Gasteiger partial charge in [0.2, 0.25) is 5.91 Å². The highest BCUT2D eigenvalue weighted by molar-refractivity contribution is 6.04. The number of piperidine rings is 1. The normalized spacial score (nSPS) is 20.1. The zero-order chi connectivity index (χ0) is 18.7. The van der Waals surface area contributed by atoms with Gasteiger partial charge in [-0.3, -0.25) is 14.6 Å². The van der Waals surface area contributed by atoms with Gasteiger partial charge in [0.05, 0.1) is 5.56 Å². The lowest BCUT2D eigenvalue weighted by molar-refractivity contribution is -0.123. The molecule has 1 spiro atoms. The van der Waals surface area contributed by atoms with Crippen LogP contribution in [0.1, 0.15) is 35.2 Å². The van der Waals surface area contributed by atoms with Crippen LogP contribution in [0.25, 0.3) is 0 Å². The zero-order valence-electron chi connectivity index (χ0n) is 15.2. The molecule has 4 rings (SSSR count). The molecule has 0 bridgehead atoms. The number of nitrogens with zero attached hydrogens (tertiary/aromatic N) is 1. The molecule has 1 atom stereocenters. The van der Waals surface area contributed by atoms with Crippen molar-refractivity contribution in [3.63, 3.8) is 0 Å². The van der Waals surface area contributed by atoms with Crippen LogP contribution < -0.4 is 16.0 Å². The quantitative estimate of drug-likeness (QED) is 0.760. The summed E-state index contributed by atoms with van der Waals surface area (Å²) in [5.41, 5.74) is 2.51. The molecule has 6 nitrogen and oxygen atoms in total. The van der Waals surface area contributed by atoms with Crippen LogP contribution in [-0.2, 0) is 11.3 Å². The number of nitrogens with one attached hydrogen (secondary N) is 3. The van der Waals surface area contributed by atoms with Crippen molar-refractivity contribution < 1.29 is 9.59 Å². The van der Waals surface area contributed by atoms with Gasteiger partial charge in [-0.15, -0.1) is 0 Å². The second-order valence-electron chi connectivity index (χ2n) is 7.48. The van der Waals surface area contributed by atoms with Crippen LogP contribution in [0.5, 0.6) is 0 Å². The van der Waals surface area contributed by atoms with Gasteiger partial charge in [0.15, 0.2) is 0 Å². The minimum atomic E-state index is -0.190. The van der Waals surface area contributed by atoms with Crippen molar-refractivity contribution in [1.29, 1.82) is 0 Å². The Labute approximate surface area is 158 Å². The fraction of sp³-hybridized carbons (Fsp3) is 0.381. The number of pyridine rings is 1. The van der Waals surface area contributed by atoms with E-state index in [4.69, 9.17) is 0 Å². The molecule has 2 amide bonds. The monoisotopic (exact) mass is 364 g/mol. The molecular formula is C21H24N4O2. The highest BCUT2D eigenvalue weighted by Gasteiger charge is 2.57. The Kier molecular flexibility index (Phi) is 4.90. The average molecular weight is 364 g/mol. The molecule has 1 saturated carbocycles. The first-order valence-corrected chi connectivity index (χ1v) is 9.45. The largest absolute Gasteiger partial charge is 0.352 e. The van der Waals surface area contributed by atoms with E-state index in [-0.39, 0.29) is 23.1 Å². The Bertz CT molecular complexity index is 814. The first-order valence-electron chi connectivity index (χ1n) is 9.45. The van der Waals surface area contributed by atoms with Gasteiger partial charge in [-0.1, -0.05) is 12.1 Å². The smallest absolute Gasteiger partial charge is 0.257 e. The molecule has 2 aromatic rings. The number of carbonyl (C=O) groups excluding carboxylic acids is 2. The van der Waals surface area contributed by atoms with Gasteiger partial charge < -0.3 is 16.0 Å². The summed E-state index contributed by atoms with van der Waals surface area (Å²) < 4.78 is 0. The van der Waals surface area contributed by atoms with Crippen LogP contribution in [0.15, 0.2) is 48.8 Å². The lowest BCUT2D eigenvalue weighted by atomic mass is 9.92. The molecule has 27 heavy (non-hydrogen) atoms. The maximum Gasteiger partial charge on any atom is 0.257 e. The Morgan fingerprint density at radius 3 is 2.63 bits per heavy atom. The van der Waals surface area contributed by atoms with Crippen molar-refractivity contribution in [2.45, 2.75) is 25.8 Å². The summed E-state index contributed by atoms with van der Waals surface area (Å²) in [4.78, 5) is 28.5. The average Bonchev–Trinajstić information content (AvgIpc) is 3.41. The van der Waals surface area contributed by atoms with Gasteiger partial charge in [0, 0.05) is 30.5 Å². The van der Waals surface area contributed by atoms with Crippen molar-refractivity contribution in [2.75, 3.05) is 18.4 Å². The van der Waals surface area contributed by atoms with Crippen LogP contribution in [-0.4, -0.2) is 29.9 Å². The Morgan fingerprint density at radius 1 is 1.15 bits per heavy atom. The lowest BCUT2D eigenvalue weighted by Crippen LogP contribution is -2.33. The maximum atomic E-state index is 12.4. The molecule has 140 valence electrons. The molecule has 1 aliphatic heterocycles. The number of anilines is 1. The molecule has 2 fully saturated rings. The third kappa shape index (κ3) is 4.01. The third-order valence-electron chi connectivity index (χ3n) is 5.71. The van der Waals surface area contributed by atoms with Crippen molar-refractivity contribution >= 4 is 17.5 Å². The first kappa shape index (κ1) is 17.7.